The molecule has 0 radical (unpaired) electrons. The summed E-state index contributed by atoms with van der Waals surface area (Å²) in [4.78, 5) is 47.5. The zero-order valence-corrected chi connectivity index (χ0v) is 23.5. The average Bonchev–Trinajstić information content (AvgIpc) is 2.74. The summed E-state index contributed by atoms with van der Waals surface area (Å²) in [5.74, 6) is 1.14. The van der Waals surface area contributed by atoms with E-state index in [1.807, 2.05) is 46.4 Å². The number of aldehydes is 2. The Morgan fingerprint density at radius 1 is 1.00 bits per heavy atom. The van der Waals surface area contributed by atoms with Crippen LogP contribution in [0.5, 0.6) is 0 Å². The molecule has 1 aliphatic carbocycles. The molecule has 9 heteroatoms. The molecule has 7 nitrogen and oxygen atoms in total. The maximum atomic E-state index is 12.9. The quantitative estimate of drug-likeness (QED) is 0.267. The lowest BCUT2D eigenvalue weighted by atomic mass is 9.92. The zero-order valence-electron chi connectivity index (χ0n) is 21.8. The first-order valence-electron chi connectivity index (χ1n) is 12.2. The topological polar surface area (TPSA) is 102 Å². The van der Waals surface area contributed by atoms with Crippen molar-refractivity contribution < 1.29 is 23.9 Å². The summed E-state index contributed by atoms with van der Waals surface area (Å²) < 4.78 is 5.91. The molecule has 0 bridgehead atoms. The van der Waals surface area contributed by atoms with E-state index in [1.54, 1.807) is 25.6 Å². The number of thioether (sulfide) groups is 2. The van der Waals surface area contributed by atoms with Crippen LogP contribution in [-0.4, -0.2) is 76.6 Å². The molecule has 4 atom stereocenters. The van der Waals surface area contributed by atoms with Crippen molar-refractivity contribution in [2.45, 2.75) is 108 Å². The van der Waals surface area contributed by atoms with Crippen LogP contribution in [0, 0.1) is 5.41 Å². The minimum Gasteiger partial charge on any atom is -0.374 e. The first-order valence-corrected chi connectivity index (χ1v) is 14.3. The molecule has 1 aliphatic rings. The predicted octanol–water partition coefficient (Wildman–Crippen LogP) is 3.42. The van der Waals surface area contributed by atoms with Crippen LogP contribution in [0.2, 0.25) is 0 Å². The van der Waals surface area contributed by atoms with Crippen LogP contribution >= 0.6 is 23.5 Å². The van der Waals surface area contributed by atoms with E-state index >= 15 is 0 Å². The molecule has 0 aromatic rings. The van der Waals surface area contributed by atoms with Crippen molar-refractivity contribution >= 4 is 47.8 Å². The van der Waals surface area contributed by atoms with Gasteiger partial charge in [-0.2, -0.15) is 23.5 Å². The molecule has 0 aliphatic heterocycles. The number of carbonyl (C=O) groups is 4. The molecular weight excluding hydrogens is 472 g/mol. The van der Waals surface area contributed by atoms with Gasteiger partial charge in [-0.25, -0.2) is 0 Å². The lowest BCUT2D eigenvalue weighted by Crippen LogP contribution is -2.48. The van der Waals surface area contributed by atoms with Crippen LogP contribution in [-0.2, 0) is 23.9 Å². The summed E-state index contributed by atoms with van der Waals surface area (Å²) in [5, 5.41) is 7.00. The molecule has 0 heterocycles. The molecule has 34 heavy (non-hydrogen) atoms. The number of ketones is 1. The van der Waals surface area contributed by atoms with E-state index < -0.39 is 17.1 Å². The summed E-state index contributed by atoms with van der Waals surface area (Å²) in [6.45, 7) is 13.3. The second-order valence-electron chi connectivity index (χ2n) is 10.6. The van der Waals surface area contributed by atoms with Gasteiger partial charge in [0.2, 0.25) is 5.91 Å². The number of amides is 1. The molecule has 4 unspecified atom stereocenters. The van der Waals surface area contributed by atoms with E-state index in [9.17, 15) is 19.2 Å². The number of nitrogens with one attached hydrogen (secondary N) is 2. The highest BCUT2D eigenvalue weighted by Crippen LogP contribution is 2.40. The molecule has 1 amide bonds. The summed E-state index contributed by atoms with van der Waals surface area (Å²) in [5.41, 5.74) is -1.48. The number of hydrogen-bond donors (Lipinski definition) is 2. The van der Waals surface area contributed by atoms with E-state index in [0.717, 1.165) is 31.2 Å². The lowest BCUT2D eigenvalue weighted by Gasteiger charge is -2.37. The van der Waals surface area contributed by atoms with Crippen LogP contribution in [0.3, 0.4) is 0 Å². The fraction of sp³-hybridized carbons (Fsp3) is 0.840. The van der Waals surface area contributed by atoms with Gasteiger partial charge < -0.3 is 25.0 Å². The molecular formula is C25H44N2O5S2. The highest BCUT2D eigenvalue weighted by atomic mass is 32.2. The van der Waals surface area contributed by atoms with Gasteiger partial charge in [-0.15, -0.1) is 0 Å². The second kappa shape index (κ2) is 14.6. The van der Waals surface area contributed by atoms with Crippen molar-refractivity contribution in [3.63, 3.8) is 0 Å². The van der Waals surface area contributed by atoms with Crippen molar-refractivity contribution in [2.75, 3.05) is 18.1 Å². The zero-order chi connectivity index (χ0) is 25.9. The molecule has 0 saturated heterocycles. The molecule has 2 N–H and O–H groups in total. The van der Waals surface area contributed by atoms with Crippen molar-refractivity contribution in [3.05, 3.63) is 0 Å². The smallest absolute Gasteiger partial charge is 0.228 e. The first kappa shape index (κ1) is 31.1. The van der Waals surface area contributed by atoms with Crippen molar-refractivity contribution in [3.8, 4) is 0 Å². The van der Waals surface area contributed by atoms with Gasteiger partial charge in [-0.05, 0) is 40.5 Å². The van der Waals surface area contributed by atoms with Crippen molar-refractivity contribution in [1.82, 2.24) is 10.6 Å². The maximum Gasteiger partial charge on any atom is 0.228 e. The van der Waals surface area contributed by atoms with Crippen LogP contribution in [0.1, 0.15) is 74.1 Å². The minimum absolute atomic E-state index is 0.121. The van der Waals surface area contributed by atoms with Gasteiger partial charge in [0.15, 0.2) is 0 Å². The van der Waals surface area contributed by atoms with Crippen molar-refractivity contribution in [2.24, 2.45) is 5.41 Å². The number of hydrogen-bond acceptors (Lipinski definition) is 8. The third-order valence-corrected chi connectivity index (χ3v) is 9.04. The molecule has 0 spiro atoms. The fourth-order valence-electron chi connectivity index (χ4n) is 3.40. The molecule has 1 rings (SSSR count). The van der Waals surface area contributed by atoms with Gasteiger partial charge >= 0.3 is 0 Å². The molecule has 0 aromatic heterocycles. The van der Waals surface area contributed by atoms with Gasteiger partial charge in [-0.3, -0.25) is 9.59 Å². The third kappa shape index (κ3) is 11.2. The van der Waals surface area contributed by atoms with Gasteiger partial charge in [0, 0.05) is 40.9 Å². The Morgan fingerprint density at radius 2 is 1.53 bits per heavy atom. The van der Waals surface area contributed by atoms with Crippen LogP contribution in [0.15, 0.2) is 0 Å². The summed E-state index contributed by atoms with van der Waals surface area (Å²) >= 11 is 3.52. The number of carbonyl (C=O) groups excluding carboxylic acids is 4. The maximum absolute atomic E-state index is 12.9. The summed E-state index contributed by atoms with van der Waals surface area (Å²) in [6, 6.07) is -0.449. The Hall–Kier alpha value is -0.900. The number of Topliss-reactive ketones (excluding diaryl/α,β-unsaturated/α-hetero) is 1. The van der Waals surface area contributed by atoms with Gasteiger partial charge in [0.25, 0.3) is 0 Å². The lowest BCUT2D eigenvalue weighted by molar-refractivity contribution is -0.140. The Kier molecular flexibility index (Phi) is 13.4. The standard InChI is InChI=1S/C25H44N2O5S2/c1-8-20(30)11-25(6,7)32-16-24(4,5)23(31)27-19(13-29)15-34-22-10-9-21(22)33-14-18(12-28)26-17(2)3/h12-13,17-19,21-22,26H,8-11,14-16H2,1-7H3,(H,27,31). The Labute approximate surface area is 214 Å². The van der Waals surface area contributed by atoms with Crippen molar-refractivity contribution in [1.29, 1.82) is 0 Å². The Morgan fingerprint density at radius 3 is 1.97 bits per heavy atom. The van der Waals surface area contributed by atoms with Crippen LogP contribution in [0.25, 0.3) is 0 Å². The minimum atomic E-state index is -0.833. The van der Waals surface area contributed by atoms with E-state index in [2.05, 4.69) is 10.6 Å². The predicted molar refractivity (Wildman–Crippen MR) is 142 cm³/mol. The van der Waals surface area contributed by atoms with E-state index in [-0.39, 0.29) is 30.4 Å². The number of ether oxygens (including phenoxy) is 1. The Balaban J connectivity index is 2.48. The van der Waals surface area contributed by atoms with Crippen LogP contribution < -0.4 is 10.6 Å². The van der Waals surface area contributed by atoms with Gasteiger partial charge in [0.1, 0.15) is 18.4 Å². The average molecular weight is 517 g/mol. The monoisotopic (exact) mass is 516 g/mol. The molecule has 196 valence electrons. The SMILES string of the molecule is CCC(=O)CC(C)(C)OCC(C)(C)C(=O)NC(C=O)CSC1CCC1SCC(C=O)NC(C)C. The van der Waals surface area contributed by atoms with E-state index in [4.69, 9.17) is 4.74 Å². The van der Waals surface area contributed by atoms with Crippen LogP contribution in [0.4, 0.5) is 0 Å². The summed E-state index contributed by atoms with van der Waals surface area (Å²) in [6.07, 6.45) is 4.71. The van der Waals surface area contributed by atoms with Gasteiger partial charge in [-0.1, -0.05) is 20.8 Å². The third-order valence-electron chi connectivity index (χ3n) is 5.78. The summed E-state index contributed by atoms with van der Waals surface area (Å²) in [7, 11) is 0. The first-order chi connectivity index (χ1) is 15.8. The van der Waals surface area contributed by atoms with E-state index in [0.29, 0.717) is 29.1 Å². The Bertz CT molecular complexity index is 684. The van der Waals surface area contributed by atoms with Gasteiger partial charge in [0.05, 0.1) is 29.7 Å². The highest BCUT2D eigenvalue weighted by molar-refractivity contribution is 8.04. The molecule has 1 saturated carbocycles. The largest absolute Gasteiger partial charge is 0.374 e. The molecule has 0 aromatic carbocycles. The second-order valence-corrected chi connectivity index (χ2v) is 13.1. The number of rotatable bonds is 18. The fourth-order valence-corrected chi connectivity index (χ4v) is 6.42. The normalized spacial score (nSPS) is 20.4. The van der Waals surface area contributed by atoms with E-state index in [1.165, 1.54) is 0 Å². The highest BCUT2D eigenvalue weighted by Gasteiger charge is 2.35. The molecule has 1 fully saturated rings.